The van der Waals surface area contributed by atoms with Gasteiger partial charge in [-0.2, -0.15) is 0 Å². The standard InChI is InChI=1S/C15H16ClNO2/c1-2-7-18-13-3-5-14(6-4-13)19-15-8-12(9-16)10-17-11-15/h3-6,8,10-11H,2,7,9H2,1H3. The fourth-order valence-electron chi connectivity index (χ4n) is 1.55. The van der Waals surface area contributed by atoms with Crippen LogP contribution in [0.15, 0.2) is 42.7 Å². The second-order valence-electron chi connectivity index (χ2n) is 4.08. The first-order valence-corrected chi connectivity index (χ1v) is 6.76. The van der Waals surface area contributed by atoms with E-state index in [-0.39, 0.29) is 0 Å². The molecule has 100 valence electrons. The Kier molecular flexibility index (Phi) is 5.04. The van der Waals surface area contributed by atoms with Crippen molar-refractivity contribution in [3.63, 3.8) is 0 Å². The maximum absolute atomic E-state index is 5.76. The van der Waals surface area contributed by atoms with Crippen LogP contribution in [-0.4, -0.2) is 11.6 Å². The van der Waals surface area contributed by atoms with E-state index in [1.54, 1.807) is 12.4 Å². The molecule has 4 heteroatoms. The first-order chi connectivity index (χ1) is 9.31. The van der Waals surface area contributed by atoms with E-state index in [0.717, 1.165) is 30.1 Å². The van der Waals surface area contributed by atoms with Crippen LogP contribution in [0.3, 0.4) is 0 Å². The van der Waals surface area contributed by atoms with Crippen molar-refractivity contribution >= 4 is 11.6 Å². The first-order valence-electron chi connectivity index (χ1n) is 6.22. The molecule has 0 spiro atoms. The predicted molar refractivity (Wildman–Crippen MR) is 76.1 cm³/mol. The van der Waals surface area contributed by atoms with E-state index in [0.29, 0.717) is 11.6 Å². The Morgan fingerprint density at radius 1 is 1.05 bits per heavy atom. The molecular formula is C15H16ClNO2. The Morgan fingerprint density at radius 3 is 2.47 bits per heavy atom. The highest BCUT2D eigenvalue weighted by Crippen LogP contribution is 2.24. The molecule has 1 aromatic carbocycles. The first kappa shape index (κ1) is 13.7. The molecule has 3 nitrogen and oxygen atoms in total. The lowest BCUT2D eigenvalue weighted by molar-refractivity contribution is 0.317. The van der Waals surface area contributed by atoms with E-state index in [4.69, 9.17) is 21.1 Å². The van der Waals surface area contributed by atoms with E-state index in [2.05, 4.69) is 11.9 Å². The summed E-state index contributed by atoms with van der Waals surface area (Å²) in [5, 5.41) is 0. The molecule has 0 unspecified atom stereocenters. The number of nitrogens with zero attached hydrogens (tertiary/aromatic N) is 1. The van der Waals surface area contributed by atoms with Gasteiger partial charge >= 0.3 is 0 Å². The summed E-state index contributed by atoms with van der Waals surface area (Å²) < 4.78 is 11.2. The number of aromatic nitrogens is 1. The Labute approximate surface area is 118 Å². The minimum Gasteiger partial charge on any atom is -0.494 e. The van der Waals surface area contributed by atoms with Gasteiger partial charge in [-0.25, -0.2) is 0 Å². The summed E-state index contributed by atoms with van der Waals surface area (Å²) in [7, 11) is 0. The minimum atomic E-state index is 0.425. The molecule has 0 N–H and O–H groups in total. The third kappa shape index (κ3) is 4.14. The van der Waals surface area contributed by atoms with E-state index < -0.39 is 0 Å². The van der Waals surface area contributed by atoms with Crippen molar-refractivity contribution in [3.05, 3.63) is 48.3 Å². The molecule has 0 bridgehead atoms. The number of halogens is 1. The van der Waals surface area contributed by atoms with E-state index in [1.165, 1.54) is 0 Å². The molecule has 1 heterocycles. The Balaban J connectivity index is 2.02. The van der Waals surface area contributed by atoms with E-state index in [9.17, 15) is 0 Å². The van der Waals surface area contributed by atoms with Gasteiger partial charge in [-0.05, 0) is 42.3 Å². The maximum atomic E-state index is 5.76. The van der Waals surface area contributed by atoms with Crippen LogP contribution in [0.25, 0.3) is 0 Å². The lowest BCUT2D eigenvalue weighted by atomic mass is 10.3. The minimum absolute atomic E-state index is 0.425. The third-order valence-electron chi connectivity index (χ3n) is 2.46. The predicted octanol–water partition coefficient (Wildman–Crippen LogP) is 4.40. The largest absolute Gasteiger partial charge is 0.494 e. The second kappa shape index (κ2) is 7.00. The normalized spacial score (nSPS) is 10.2. The van der Waals surface area contributed by atoms with Gasteiger partial charge in [-0.15, -0.1) is 11.6 Å². The Morgan fingerprint density at radius 2 is 1.79 bits per heavy atom. The molecular weight excluding hydrogens is 262 g/mol. The van der Waals surface area contributed by atoms with Crippen LogP contribution < -0.4 is 9.47 Å². The molecule has 0 aliphatic rings. The van der Waals surface area contributed by atoms with Gasteiger partial charge in [0.1, 0.15) is 17.2 Å². The van der Waals surface area contributed by atoms with Crippen molar-refractivity contribution in [2.45, 2.75) is 19.2 Å². The highest BCUT2D eigenvalue weighted by molar-refractivity contribution is 6.17. The number of rotatable bonds is 6. The summed E-state index contributed by atoms with van der Waals surface area (Å²) in [5.41, 5.74) is 0.932. The molecule has 0 radical (unpaired) electrons. The molecule has 0 atom stereocenters. The number of pyridine rings is 1. The summed E-state index contributed by atoms with van der Waals surface area (Å²) in [6, 6.07) is 9.41. The average molecular weight is 278 g/mol. The van der Waals surface area contributed by atoms with Gasteiger partial charge in [0.2, 0.25) is 0 Å². The highest BCUT2D eigenvalue weighted by Gasteiger charge is 2.00. The molecule has 0 saturated heterocycles. The van der Waals surface area contributed by atoms with Crippen LogP contribution in [0.5, 0.6) is 17.2 Å². The SMILES string of the molecule is CCCOc1ccc(Oc2cncc(CCl)c2)cc1. The molecule has 0 aliphatic carbocycles. The molecule has 1 aromatic heterocycles. The van der Waals surface area contributed by atoms with Gasteiger partial charge in [-0.1, -0.05) is 6.92 Å². The molecule has 19 heavy (non-hydrogen) atoms. The molecule has 0 saturated carbocycles. The van der Waals surface area contributed by atoms with Gasteiger partial charge in [0, 0.05) is 12.1 Å². The topological polar surface area (TPSA) is 31.4 Å². The smallest absolute Gasteiger partial charge is 0.146 e. The van der Waals surface area contributed by atoms with Gasteiger partial charge in [-0.3, -0.25) is 4.98 Å². The third-order valence-corrected chi connectivity index (χ3v) is 2.76. The molecule has 2 rings (SSSR count). The van der Waals surface area contributed by atoms with Crippen LogP contribution in [-0.2, 0) is 5.88 Å². The summed E-state index contributed by atoms with van der Waals surface area (Å²) >= 11 is 5.76. The van der Waals surface area contributed by atoms with Gasteiger partial charge in [0.05, 0.1) is 12.8 Å². The van der Waals surface area contributed by atoms with Gasteiger partial charge in [0.25, 0.3) is 0 Å². The lowest BCUT2D eigenvalue weighted by Crippen LogP contribution is -1.94. The summed E-state index contributed by atoms with van der Waals surface area (Å²) in [5.74, 6) is 2.70. The quantitative estimate of drug-likeness (QED) is 0.733. The van der Waals surface area contributed by atoms with Crippen molar-refractivity contribution in [1.29, 1.82) is 0 Å². The summed E-state index contributed by atoms with van der Waals surface area (Å²) in [4.78, 5) is 4.08. The van der Waals surface area contributed by atoms with Crippen molar-refractivity contribution in [2.75, 3.05) is 6.61 Å². The second-order valence-corrected chi connectivity index (χ2v) is 4.35. The van der Waals surface area contributed by atoms with E-state index >= 15 is 0 Å². The zero-order valence-corrected chi connectivity index (χ0v) is 11.6. The lowest BCUT2D eigenvalue weighted by Gasteiger charge is -2.08. The zero-order valence-electron chi connectivity index (χ0n) is 10.8. The monoisotopic (exact) mass is 277 g/mol. The number of hydrogen-bond acceptors (Lipinski definition) is 3. The van der Waals surface area contributed by atoms with Crippen LogP contribution >= 0.6 is 11.6 Å². The van der Waals surface area contributed by atoms with E-state index in [1.807, 2.05) is 30.3 Å². The zero-order chi connectivity index (χ0) is 13.5. The maximum Gasteiger partial charge on any atom is 0.146 e. The van der Waals surface area contributed by atoms with Crippen LogP contribution in [0.1, 0.15) is 18.9 Å². The molecule has 0 aliphatic heterocycles. The summed E-state index contributed by atoms with van der Waals surface area (Å²) in [6.45, 7) is 2.80. The fraction of sp³-hybridized carbons (Fsp3) is 0.267. The van der Waals surface area contributed by atoms with Crippen LogP contribution in [0, 0.1) is 0 Å². The Bertz CT molecular complexity index is 514. The fourth-order valence-corrected chi connectivity index (χ4v) is 1.70. The number of ether oxygens (including phenoxy) is 2. The molecule has 2 aromatic rings. The van der Waals surface area contributed by atoms with Crippen molar-refractivity contribution in [1.82, 2.24) is 4.98 Å². The highest BCUT2D eigenvalue weighted by atomic mass is 35.5. The van der Waals surface area contributed by atoms with Crippen LogP contribution in [0.2, 0.25) is 0 Å². The molecule has 0 fully saturated rings. The van der Waals surface area contributed by atoms with Crippen molar-refractivity contribution < 1.29 is 9.47 Å². The van der Waals surface area contributed by atoms with Crippen molar-refractivity contribution in [2.24, 2.45) is 0 Å². The van der Waals surface area contributed by atoms with Gasteiger partial charge in [0.15, 0.2) is 0 Å². The molecule has 0 amide bonds. The number of benzene rings is 1. The average Bonchev–Trinajstić information content (AvgIpc) is 2.47. The number of alkyl halides is 1. The Hall–Kier alpha value is -1.74. The van der Waals surface area contributed by atoms with Gasteiger partial charge < -0.3 is 9.47 Å². The van der Waals surface area contributed by atoms with Crippen LogP contribution in [0.4, 0.5) is 0 Å². The number of hydrogen-bond donors (Lipinski definition) is 0. The summed E-state index contributed by atoms with van der Waals surface area (Å²) in [6.07, 6.45) is 4.38. The van der Waals surface area contributed by atoms with Crippen molar-refractivity contribution in [3.8, 4) is 17.2 Å².